The summed E-state index contributed by atoms with van der Waals surface area (Å²) in [6, 6.07) is -0.541. The lowest BCUT2D eigenvalue weighted by Gasteiger charge is -2.49. The quantitative estimate of drug-likeness (QED) is 0.559. The third-order valence-corrected chi connectivity index (χ3v) is 2.79. The Hall–Kier alpha value is -1.26. The van der Waals surface area contributed by atoms with Crippen molar-refractivity contribution in [3.63, 3.8) is 0 Å². The number of nitrogens with zero attached hydrogens (tertiary/aromatic N) is 3. The van der Waals surface area contributed by atoms with Crippen molar-refractivity contribution in [3.05, 3.63) is 0 Å². The van der Waals surface area contributed by atoms with Crippen molar-refractivity contribution < 1.29 is 9.59 Å². The zero-order chi connectivity index (χ0) is 10.4. The Morgan fingerprint density at radius 1 is 0.923 bits per heavy atom. The van der Waals surface area contributed by atoms with Crippen molar-refractivity contribution in [1.82, 2.24) is 14.7 Å². The molecule has 0 aliphatic carbocycles. The van der Waals surface area contributed by atoms with Crippen LogP contribution in [0.5, 0.6) is 0 Å². The van der Waals surface area contributed by atoms with Crippen LogP contribution in [0.15, 0.2) is 0 Å². The van der Waals surface area contributed by atoms with E-state index in [1.807, 2.05) is 13.8 Å². The average molecular weight is 185 g/mol. The minimum absolute atomic E-state index is 0.270. The SMILES string of the molecule is CN1C(=O)N(C)C(C)(C)N(C)C1=O. The third kappa shape index (κ3) is 1.15. The Bertz CT molecular complexity index is 238. The zero-order valence-corrected chi connectivity index (χ0v) is 8.66. The highest BCUT2D eigenvalue weighted by Crippen LogP contribution is 2.24. The van der Waals surface area contributed by atoms with E-state index < -0.39 is 5.66 Å². The van der Waals surface area contributed by atoms with Gasteiger partial charge in [0.05, 0.1) is 0 Å². The monoisotopic (exact) mass is 185 g/mol. The number of rotatable bonds is 0. The molecule has 1 saturated heterocycles. The van der Waals surface area contributed by atoms with Crippen molar-refractivity contribution in [2.24, 2.45) is 0 Å². The van der Waals surface area contributed by atoms with Gasteiger partial charge in [0.25, 0.3) is 0 Å². The molecule has 1 aliphatic rings. The van der Waals surface area contributed by atoms with Gasteiger partial charge in [-0.2, -0.15) is 0 Å². The van der Waals surface area contributed by atoms with E-state index >= 15 is 0 Å². The standard InChI is InChI=1S/C8H15N3O2/c1-8(2)10(4)6(12)9(3)7(13)11(8)5/h1-5H3. The maximum atomic E-state index is 11.5. The van der Waals surface area contributed by atoms with Gasteiger partial charge in [-0.25, -0.2) is 14.5 Å². The number of carbonyl (C=O) groups excluding carboxylic acids is 2. The summed E-state index contributed by atoms with van der Waals surface area (Å²) in [5, 5.41) is 0. The molecule has 4 amide bonds. The van der Waals surface area contributed by atoms with Crippen molar-refractivity contribution in [2.75, 3.05) is 21.1 Å². The lowest BCUT2D eigenvalue weighted by atomic mass is 10.1. The Morgan fingerprint density at radius 2 is 1.23 bits per heavy atom. The fraction of sp³-hybridized carbons (Fsp3) is 0.750. The second-order valence-corrected chi connectivity index (χ2v) is 3.74. The topological polar surface area (TPSA) is 43.9 Å². The number of imide groups is 1. The molecule has 0 atom stereocenters. The molecule has 1 heterocycles. The first-order valence-corrected chi connectivity index (χ1v) is 4.09. The number of carbonyl (C=O) groups is 2. The molecule has 1 aliphatic heterocycles. The molecule has 5 nitrogen and oxygen atoms in total. The summed E-state index contributed by atoms with van der Waals surface area (Å²) in [7, 11) is 4.84. The molecule has 0 aromatic heterocycles. The van der Waals surface area contributed by atoms with Crippen LogP contribution in [0, 0.1) is 0 Å². The molecule has 0 radical (unpaired) electrons. The molecule has 0 N–H and O–H groups in total. The predicted molar refractivity (Wildman–Crippen MR) is 48.2 cm³/mol. The summed E-state index contributed by atoms with van der Waals surface area (Å²) in [4.78, 5) is 27.2. The van der Waals surface area contributed by atoms with E-state index in [4.69, 9.17) is 0 Å². The lowest BCUT2D eigenvalue weighted by Crippen LogP contribution is -2.68. The largest absolute Gasteiger partial charge is 0.329 e. The van der Waals surface area contributed by atoms with Gasteiger partial charge in [-0.15, -0.1) is 0 Å². The first-order chi connectivity index (χ1) is 5.80. The highest BCUT2D eigenvalue weighted by atomic mass is 16.2. The maximum absolute atomic E-state index is 11.5. The zero-order valence-electron chi connectivity index (χ0n) is 8.66. The highest BCUT2D eigenvalue weighted by molar-refractivity contribution is 5.96. The molecule has 74 valence electrons. The Kier molecular flexibility index (Phi) is 1.98. The van der Waals surface area contributed by atoms with E-state index in [0.717, 1.165) is 4.90 Å². The molecule has 5 heteroatoms. The number of amides is 4. The number of hydrogen-bond acceptors (Lipinski definition) is 2. The van der Waals surface area contributed by atoms with E-state index in [1.54, 1.807) is 14.1 Å². The predicted octanol–water partition coefficient (Wildman–Crippen LogP) is 0.772. The van der Waals surface area contributed by atoms with Crippen LogP contribution in [0.1, 0.15) is 13.8 Å². The Morgan fingerprint density at radius 3 is 1.54 bits per heavy atom. The van der Waals surface area contributed by atoms with E-state index in [9.17, 15) is 9.59 Å². The fourth-order valence-electron chi connectivity index (χ4n) is 1.22. The summed E-state index contributed by atoms with van der Waals surface area (Å²) in [5.41, 5.74) is -0.555. The molecule has 1 rings (SSSR count). The summed E-state index contributed by atoms with van der Waals surface area (Å²) in [6.45, 7) is 3.66. The van der Waals surface area contributed by atoms with Crippen LogP contribution >= 0.6 is 0 Å². The summed E-state index contributed by atoms with van der Waals surface area (Å²) in [6.07, 6.45) is 0. The van der Waals surface area contributed by atoms with E-state index in [1.165, 1.54) is 16.8 Å². The normalized spacial score (nSPS) is 22.7. The minimum Gasteiger partial charge on any atom is -0.305 e. The summed E-state index contributed by atoms with van der Waals surface area (Å²) < 4.78 is 0. The molecule has 0 saturated carbocycles. The molecule has 0 bridgehead atoms. The van der Waals surface area contributed by atoms with Gasteiger partial charge in [0.2, 0.25) is 0 Å². The minimum atomic E-state index is -0.555. The first kappa shape index (κ1) is 9.83. The first-order valence-electron chi connectivity index (χ1n) is 4.09. The van der Waals surface area contributed by atoms with Crippen LogP contribution in [0.3, 0.4) is 0 Å². The Balaban J connectivity index is 3.07. The summed E-state index contributed by atoms with van der Waals surface area (Å²) in [5.74, 6) is 0. The van der Waals surface area contributed by atoms with Crippen molar-refractivity contribution in [2.45, 2.75) is 19.5 Å². The van der Waals surface area contributed by atoms with E-state index in [-0.39, 0.29) is 12.1 Å². The van der Waals surface area contributed by atoms with Crippen LogP contribution in [0.2, 0.25) is 0 Å². The van der Waals surface area contributed by atoms with Crippen LogP contribution < -0.4 is 0 Å². The van der Waals surface area contributed by atoms with Gasteiger partial charge >= 0.3 is 12.1 Å². The fourth-order valence-corrected chi connectivity index (χ4v) is 1.22. The second kappa shape index (κ2) is 2.61. The van der Waals surface area contributed by atoms with Crippen molar-refractivity contribution >= 4 is 12.1 Å². The maximum Gasteiger partial charge on any atom is 0.329 e. The van der Waals surface area contributed by atoms with Crippen LogP contribution in [0.25, 0.3) is 0 Å². The molecule has 0 spiro atoms. The van der Waals surface area contributed by atoms with Gasteiger partial charge in [0, 0.05) is 21.1 Å². The van der Waals surface area contributed by atoms with Crippen LogP contribution in [-0.4, -0.2) is 53.6 Å². The summed E-state index contributed by atoms with van der Waals surface area (Å²) >= 11 is 0. The van der Waals surface area contributed by atoms with Gasteiger partial charge in [-0.1, -0.05) is 0 Å². The van der Waals surface area contributed by atoms with Crippen molar-refractivity contribution in [3.8, 4) is 0 Å². The molecule has 0 unspecified atom stereocenters. The molecule has 0 aromatic carbocycles. The lowest BCUT2D eigenvalue weighted by molar-refractivity contribution is 0.00823. The highest BCUT2D eigenvalue weighted by Gasteiger charge is 2.43. The molecule has 0 aromatic rings. The van der Waals surface area contributed by atoms with Crippen LogP contribution in [0.4, 0.5) is 9.59 Å². The van der Waals surface area contributed by atoms with Gasteiger partial charge in [-0.3, -0.25) is 0 Å². The Labute approximate surface area is 77.9 Å². The molecular formula is C8H15N3O2. The molecule has 13 heavy (non-hydrogen) atoms. The third-order valence-electron chi connectivity index (χ3n) is 2.79. The van der Waals surface area contributed by atoms with Gasteiger partial charge in [0.15, 0.2) is 0 Å². The smallest absolute Gasteiger partial charge is 0.305 e. The number of urea groups is 2. The van der Waals surface area contributed by atoms with Crippen molar-refractivity contribution in [1.29, 1.82) is 0 Å². The van der Waals surface area contributed by atoms with Gasteiger partial charge in [-0.05, 0) is 13.8 Å². The van der Waals surface area contributed by atoms with Crippen LogP contribution in [-0.2, 0) is 0 Å². The second-order valence-electron chi connectivity index (χ2n) is 3.74. The number of hydrogen-bond donors (Lipinski definition) is 0. The van der Waals surface area contributed by atoms with E-state index in [2.05, 4.69) is 0 Å². The molecule has 1 fully saturated rings. The van der Waals surface area contributed by atoms with Gasteiger partial charge < -0.3 is 9.80 Å². The van der Waals surface area contributed by atoms with E-state index in [0.29, 0.717) is 0 Å². The molecular weight excluding hydrogens is 170 g/mol. The average Bonchev–Trinajstić information content (AvgIpc) is 2.09. The van der Waals surface area contributed by atoms with Gasteiger partial charge in [0.1, 0.15) is 5.66 Å².